The second-order valence-corrected chi connectivity index (χ2v) is 7.89. The van der Waals surface area contributed by atoms with Gasteiger partial charge in [0.2, 0.25) is 0 Å². The number of benzene rings is 1. The van der Waals surface area contributed by atoms with Crippen LogP contribution in [0, 0.1) is 6.92 Å². The smallest absolute Gasteiger partial charge is 0.191 e. The van der Waals surface area contributed by atoms with E-state index in [4.69, 9.17) is 12.2 Å². The summed E-state index contributed by atoms with van der Waals surface area (Å²) in [4.78, 5) is 0. The number of aromatic nitrogens is 3. The van der Waals surface area contributed by atoms with Crippen LogP contribution in [0.5, 0.6) is 0 Å². The Balaban J connectivity index is 1.48. The molecule has 0 atom stereocenters. The molecule has 2 aromatic rings. The van der Waals surface area contributed by atoms with E-state index in [0.29, 0.717) is 11.2 Å². The monoisotopic (exact) mass is 389 g/mol. The lowest BCUT2D eigenvalue weighted by atomic mass is 10.2. The van der Waals surface area contributed by atoms with Gasteiger partial charge in [-0.05, 0) is 56.3 Å². The van der Waals surface area contributed by atoms with Crippen molar-refractivity contribution < 1.29 is 0 Å². The van der Waals surface area contributed by atoms with E-state index in [1.54, 1.807) is 11.8 Å². The van der Waals surface area contributed by atoms with E-state index in [0.717, 1.165) is 36.1 Å². The Labute approximate surface area is 165 Å². The summed E-state index contributed by atoms with van der Waals surface area (Å²) in [5.41, 5.74) is 2.24. The maximum absolute atomic E-state index is 5.40. The Hall–Kier alpha value is -1.60. The molecule has 26 heavy (non-hydrogen) atoms. The molecular weight excluding hydrogens is 362 g/mol. The fourth-order valence-corrected chi connectivity index (χ4v) is 4.26. The molecule has 2 N–H and O–H groups in total. The van der Waals surface area contributed by atoms with Gasteiger partial charge in [0.1, 0.15) is 5.82 Å². The molecule has 1 aliphatic carbocycles. The van der Waals surface area contributed by atoms with Crippen LogP contribution >= 0.6 is 24.0 Å². The number of hydrogen-bond acceptors (Lipinski definition) is 4. The van der Waals surface area contributed by atoms with Crippen molar-refractivity contribution in [3.63, 3.8) is 0 Å². The normalized spacial score (nSPS) is 14.5. The van der Waals surface area contributed by atoms with Gasteiger partial charge in [0.25, 0.3) is 0 Å². The Morgan fingerprint density at radius 1 is 1.27 bits per heavy atom. The summed E-state index contributed by atoms with van der Waals surface area (Å²) in [7, 11) is 0. The van der Waals surface area contributed by atoms with Crippen LogP contribution in [0.4, 0.5) is 5.69 Å². The predicted molar refractivity (Wildman–Crippen MR) is 113 cm³/mol. The van der Waals surface area contributed by atoms with Crippen molar-refractivity contribution in [1.29, 1.82) is 0 Å². The topological polar surface area (TPSA) is 54.8 Å². The molecular formula is C19H27N5S2. The lowest BCUT2D eigenvalue weighted by Crippen LogP contribution is -2.29. The SMILES string of the molecule is CSc1nnc(CCCNC(=S)Nc2ccccc2C)n1C1CCCC1. The Morgan fingerprint density at radius 2 is 2.04 bits per heavy atom. The molecule has 1 saturated carbocycles. The lowest BCUT2D eigenvalue weighted by molar-refractivity contribution is 0.460. The zero-order valence-electron chi connectivity index (χ0n) is 15.5. The van der Waals surface area contributed by atoms with Crippen molar-refractivity contribution in [2.24, 2.45) is 0 Å². The summed E-state index contributed by atoms with van der Waals surface area (Å²) in [5.74, 6) is 1.11. The van der Waals surface area contributed by atoms with Crippen molar-refractivity contribution in [1.82, 2.24) is 20.1 Å². The largest absolute Gasteiger partial charge is 0.362 e. The van der Waals surface area contributed by atoms with Crippen molar-refractivity contribution in [3.8, 4) is 0 Å². The van der Waals surface area contributed by atoms with Crippen LogP contribution in [-0.4, -0.2) is 32.7 Å². The number of hydrogen-bond donors (Lipinski definition) is 2. The molecule has 140 valence electrons. The van der Waals surface area contributed by atoms with E-state index < -0.39 is 0 Å². The van der Waals surface area contributed by atoms with Crippen LogP contribution in [0.15, 0.2) is 29.4 Å². The van der Waals surface area contributed by atoms with E-state index in [1.807, 2.05) is 18.2 Å². The maximum atomic E-state index is 5.40. The predicted octanol–water partition coefficient (Wildman–Crippen LogP) is 4.34. The second kappa shape index (κ2) is 9.37. The first-order valence-electron chi connectivity index (χ1n) is 9.27. The standard InChI is InChI=1S/C19H27N5S2/c1-14-8-3-6-11-16(14)21-18(25)20-13-7-12-17-22-23-19(26-2)24(17)15-9-4-5-10-15/h3,6,8,11,15H,4-5,7,9-10,12-13H2,1-2H3,(H2,20,21,25). The Kier molecular flexibility index (Phi) is 6.91. The van der Waals surface area contributed by atoms with E-state index in [2.05, 4.69) is 44.6 Å². The minimum Gasteiger partial charge on any atom is -0.362 e. The third-order valence-corrected chi connectivity index (χ3v) is 5.75. The van der Waals surface area contributed by atoms with Gasteiger partial charge in [-0.25, -0.2) is 0 Å². The molecule has 0 bridgehead atoms. The van der Waals surface area contributed by atoms with Gasteiger partial charge in [0.15, 0.2) is 10.3 Å². The second-order valence-electron chi connectivity index (χ2n) is 6.71. The van der Waals surface area contributed by atoms with Crippen LogP contribution in [0.25, 0.3) is 0 Å². The van der Waals surface area contributed by atoms with Gasteiger partial charge in [-0.15, -0.1) is 10.2 Å². The molecule has 7 heteroatoms. The highest BCUT2D eigenvalue weighted by Gasteiger charge is 2.23. The molecule has 0 aliphatic heterocycles. The van der Waals surface area contributed by atoms with Crippen LogP contribution < -0.4 is 10.6 Å². The Morgan fingerprint density at radius 3 is 2.77 bits per heavy atom. The minimum absolute atomic E-state index is 0.583. The number of aryl methyl sites for hydroxylation is 2. The first kappa shape index (κ1) is 19.2. The van der Waals surface area contributed by atoms with Gasteiger partial charge in [-0.1, -0.05) is 42.8 Å². The number of rotatable bonds is 7. The summed E-state index contributed by atoms with van der Waals surface area (Å²) in [5, 5.41) is 17.1. The first-order valence-corrected chi connectivity index (χ1v) is 10.9. The molecule has 1 aromatic carbocycles. The van der Waals surface area contributed by atoms with Gasteiger partial charge in [0, 0.05) is 24.7 Å². The molecule has 0 radical (unpaired) electrons. The molecule has 1 heterocycles. The van der Waals surface area contributed by atoms with Crippen LogP contribution in [-0.2, 0) is 6.42 Å². The van der Waals surface area contributed by atoms with E-state index >= 15 is 0 Å². The maximum Gasteiger partial charge on any atom is 0.191 e. The Bertz CT molecular complexity index is 737. The number of nitrogens with zero attached hydrogens (tertiary/aromatic N) is 3. The van der Waals surface area contributed by atoms with Crippen molar-refractivity contribution in [2.45, 2.75) is 56.6 Å². The van der Waals surface area contributed by atoms with Crippen LogP contribution in [0.2, 0.25) is 0 Å². The van der Waals surface area contributed by atoms with Gasteiger partial charge in [-0.2, -0.15) is 0 Å². The fourth-order valence-electron chi connectivity index (χ4n) is 3.47. The van der Waals surface area contributed by atoms with Gasteiger partial charge >= 0.3 is 0 Å². The highest BCUT2D eigenvalue weighted by atomic mass is 32.2. The average molecular weight is 390 g/mol. The number of anilines is 1. The summed E-state index contributed by atoms with van der Waals surface area (Å²) in [6.45, 7) is 2.90. The molecule has 1 aromatic heterocycles. The van der Waals surface area contributed by atoms with Gasteiger partial charge < -0.3 is 15.2 Å². The lowest BCUT2D eigenvalue weighted by Gasteiger charge is -2.16. The van der Waals surface area contributed by atoms with Crippen LogP contribution in [0.1, 0.15) is 49.5 Å². The zero-order valence-corrected chi connectivity index (χ0v) is 17.1. The first-order chi connectivity index (χ1) is 12.7. The summed E-state index contributed by atoms with van der Waals surface area (Å²) in [6, 6.07) is 8.73. The highest BCUT2D eigenvalue weighted by molar-refractivity contribution is 7.98. The average Bonchev–Trinajstić information content (AvgIpc) is 3.29. The molecule has 5 nitrogen and oxygen atoms in total. The van der Waals surface area contributed by atoms with E-state index in [-0.39, 0.29) is 0 Å². The minimum atomic E-state index is 0.583. The molecule has 3 rings (SSSR count). The van der Waals surface area contributed by atoms with Gasteiger partial charge in [-0.3, -0.25) is 0 Å². The van der Waals surface area contributed by atoms with Gasteiger partial charge in [0.05, 0.1) is 0 Å². The third-order valence-electron chi connectivity index (χ3n) is 4.86. The molecule has 1 aliphatic rings. The van der Waals surface area contributed by atoms with Crippen molar-refractivity contribution in [2.75, 3.05) is 18.1 Å². The quantitative estimate of drug-likeness (QED) is 0.417. The number of thioether (sulfide) groups is 1. The third kappa shape index (κ3) is 4.76. The number of thiocarbonyl (C=S) groups is 1. The van der Waals surface area contributed by atoms with Crippen molar-refractivity contribution in [3.05, 3.63) is 35.7 Å². The molecule has 0 amide bonds. The number of nitrogens with one attached hydrogen (secondary N) is 2. The molecule has 1 fully saturated rings. The van der Waals surface area contributed by atoms with E-state index in [1.165, 1.54) is 31.2 Å². The summed E-state index contributed by atoms with van der Waals surface area (Å²) >= 11 is 7.10. The summed E-state index contributed by atoms with van der Waals surface area (Å²) < 4.78 is 2.38. The number of para-hydroxylation sites is 1. The van der Waals surface area contributed by atoms with E-state index in [9.17, 15) is 0 Å². The summed E-state index contributed by atoms with van der Waals surface area (Å²) in [6.07, 6.45) is 9.12. The highest BCUT2D eigenvalue weighted by Crippen LogP contribution is 2.33. The molecule has 0 unspecified atom stereocenters. The van der Waals surface area contributed by atoms with Crippen molar-refractivity contribution >= 4 is 34.8 Å². The van der Waals surface area contributed by atoms with Crippen LogP contribution in [0.3, 0.4) is 0 Å². The fraction of sp³-hybridized carbons (Fsp3) is 0.526. The zero-order chi connectivity index (χ0) is 18.4. The molecule has 0 spiro atoms. The molecule has 0 saturated heterocycles.